The fourth-order valence-corrected chi connectivity index (χ4v) is 2.96. The van der Waals surface area contributed by atoms with Crippen LogP contribution in [0.4, 0.5) is 17.1 Å². The van der Waals surface area contributed by atoms with Crippen LogP contribution in [0.15, 0.2) is 42.5 Å². The molecule has 0 saturated carbocycles. The average Bonchev–Trinajstić information content (AvgIpc) is 2.68. The van der Waals surface area contributed by atoms with Crippen molar-refractivity contribution in [1.29, 1.82) is 0 Å². The van der Waals surface area contributed by atoms with Crippen LogP contribution in [0.5, 0.6) is 0 Å². The Kier molecular flexibility index (Phi) is 3.32. The average molecular weight is 311 g/mol. The lowest BCUT2D eigenvalue weighted by molar-refractivity contribution is -0.383. The van der Waals surface area contributed by atoms with Gasteiger partial charge in [0.2, 0.25) is 5.91 Å². The highest BCUT2D eigenvalue weighted by Gasteiger charge is 2.45. The summed E-state index contributed by atoms with van der Waals surface area (Å²) >= 11 is 0. The lowest BCUT2D eigenvalue weighted by Gasteiger charge is -2.20. The molecule has 2 N–H and O–H groups in total. The first-order valence-corrected chi connectivity index (χ1v) is 7.26. The maximum absolute atomic E-state index is 12.8. The van der Waals surface area contributed by atoms with Crippen LogP contribution in [-0.4, -0.2) is 10.8 Å². The van der Waals surface area contributed by atoms with Gasteiger partial charge in [0, 0.05) is 6.07 Å². The van der Waals surface area contributed by atoms with Gasteiger partial charge in [0.1, 0.15) is 5.69 Å². The number of benzene rings is 2. The van der Waals surface area contributed by atoms with E-state index < -0.39 is 10.3 Å². The molecule has 2 aromatic carbocycles. The summed E-state index contributed by atoms with van der Waals surface area (Å²) in [6.45, 7) is 3.99. The molecule has 0 saturated heterocycles. The SMILES string of the molecule is CC1(C)C(=O)N(Cc2ccccc2)c2cc([N+](=O)[O-])c(N)cc21. The number of hydrogen-bond acceptors (Lipinski definition) is 4. The standard InChI is InChI=1S/C17H17N3O3/c1-17(2)12-8-13(18)15(20(22)23)9-14(12)19(16(17)21)10-11-6-4-3-5-7-11/h3-9H,10,18H2,1-2H3. The van der Waals surface area contributed by atoms with Crippen LogP contribution in [0.2, 0.25) is 0 Å². The molecule has 6 nitrogen and oxygen atoms in total. The molecule has 0 atom stereocenters. The number of amides is 1. The van der Waals surface area contributed by atoms with Gasteiger partial charge < -0.3 is 10.6 Å². The van der Waals surface area contributed by atoms with Gasteiger partial charge in [0.15, 0.2) is 0 Å². The number of carbonyl (C=O) groups excluding carboxylic acids is 1. The number of nitrogens with two attached hydrogens (primary N) is 1. The molecule has 1 amide bonds. The van der Waals surface area contributed by atoms with Crippen LogP contribution in [0.1, 0.15) is 25.0 Å². The van der Waals surface area contributed by atoms with Crippen LogP contribution < -0.4 is 10.6 Å². The van der Waals surface area contributed by atoms with Crippen molar-refractivity contribution in [2.45, 2.75) is 25.8 Å². The van der Waals surface area contributed by atoms with Crippen LogP contribution in [-0.2, 0) is 16.8 Å². The van der Waals surface area contributed by atoms with Crippen LogP contribution in [0.25, 0.3) is 0 Å². The second-order valence-electron chi connectivity index (χ2n) is 6.19. The number of carbonyl (C=O) groups is 1. The number of nitrogens with zero attached hydrogens (tertiary/aromatic N) is 2. The largest absolute Gasteiger partial charge is 0.393 e. The zero-order chi connectivity index (χ0) is 16.8. The molecule has 0 unspecified atom stereocenters. The molecule has 6 heteroatoms. The molecule has 118 valence electrons. The maximum atomic E-state index is 12.8. The Morgan fingerprint density at radius 3 is 2.48 bits per heavy atom. The number of fused-ring (bicyclic) bond motifs is 1. The molecule has 23 heavy (non-hydrogen) atoms. The second-order valence-corrected chi connectivity index (χ2v) is 6.19. The topological polar surface area (TPSA) is 89.5 Å². The zero-order valence-electron chi connectivity index (χ0n) is 12.9. The van der Waals surface area contributed by atoms with Crippen molar-refractivity contribution in [3.63, 3.8) is 0 Å². The van der Waals surface area contributed by atoms with E-state index in [-0.39, 0.29) is 17.3 Å². The molecule has 0 radical (unpaired) electrons. The Bertz CT molecular complexity index is 800. The van der Waals surface area contributed by atoms with Crippen molar-refractivity contribution in [2.75, 3.05) is 10.6 Å². The fourth-order valence-electron chi connectivity index (χ4n) is 2.96. The minimum Gasteiger partial charge on any atom is -0.393 e. The van der Waals surface area contributed by atoms with Gasteiger partial charge in [-0.2, -0.15) is 0 Å². The van der Waals surface area contributed by atoms with E-state index in [4.69, 9.17) is 5.73 Å². The Balaban J connectivity index is 2.12. The third kappa shape index (κ3) is 2.32. The highest BCUT2D eigenvalue weighted by atomic mass is 16.6. The number of nitro benzene ring substituents is 1. The third-order valence-electron chi connectivity index (χ3n) is 4.27. The molecule has 0 aliphatic carbocycles. The van der Waals surface area contributed by atoms with Gasteiger partial charge >= 0.3 is 0 Å². The Hall–Kier alpha value is -2.89. The van der Waals surface area contributed by atoms with E-state index in [1.54, 1.807) is 11.0 Å². The number of nitrogen functional groups attached to an aromatic ring is 1. The molecular weight excluding hydrogens is 294 g/mol. The van der Waals surface area contributed by atoms with Gasteiger partial charge in [-0.3, -0.25) is 14.9 Å². The monoisotopic (exact) mass is 311 g/mol. The summed E-state index contributed by atoms with van der Waals surface area (Å²) in [5, 5.41) is 11.2. The maximum Gasteiger partial charge on any atom is 0.294 e. The summed E-state index contributed by atoms with van der Waals surface area (Å²) in [6.07, 6.45) is 0. The smallest absolute Gasteiger partial charge is 0.294 e. The molecule has 2 aromatic rings. The zero-order valence-corrected chi connectivity index (χ0v) is 12.9. The number of anilines is 2. The Morgan fingerprint density at radius 2 is 1.87 bits per heavy atom. The fraction of sp³-hybridized carbons (Fsp3) is 0.235. The van der Waals surface area contributed by atoms with Gasteiger partial charge in [0.05, 0.1) is 22.6 Å². The predicted octanol–water partition coefficient (Wildman–Crippen LogP) is 3.00. The molecule has 0 bridgehead atoms. The van der Waals surface area contributed by atoms with Crippen LogP contribution >= 0.6 is 0 Å². The van der Waals surface area contributed by atoms with E-state index in [1.165, 1.54) is 6.07 Å². The lowest BCUT2D eigenvalue weighted by atomic mass is 9.86. The van der Waals surface area contributed by atoms with Crippen LogP contribution in [0, 0.1) is 10.1 Å². The molecule has 0 fully saturated rings. The van der Waals surface area contributed by atoms with E-state index in [0.29, 0.717) is 12.2 Å². The van der Waals surface area contributed by atoms with Gasteiger partial charge in [-0.05, 0) is 31.0 Å². The first kappa shape index (κ1) is 15.0. The van der Waals surface area contributed by atoms with E-state index in [2.05, 4.69) is 0 Å². The first-order chi connectivity index (χ1) is 10.8. The molecule has 0 spiro atoms. The molecule has 1 heterocycles. The second kappa shape index (κ2) is 5.08. The van der Waals surface area contributed by atoms with Gasteiger partial charge in [0.25, 0.3) is 5.69 Å². The van der Waals surface area contributed by atoms with Crippen molar-refractivity contribution in [1.82, 2.24) is 0 Å². The van der Waals surface area contributed by atoms with Crippen molar-refractivity contribution in [3.05, 3.63) is 63.7 Å². The molecule has 3 rings (SSSR count). The summed E-state index contributed by atoms with van der Waals surface area (Å²) in [6, 6.07) is 12.5. The number of rotatable bonds is 3. The van der Waals surface area contributed by atoms with Gasteiger partial charge in [-0.15, -0.1) is 0 Å². The van der Waals surface area contributed by atoms with E-state index in [1.807, 2.05) is 44.2 Å². The summed E-state index contributed by atoms with van der Waals surface area (Å²) in [5.74, 6) is -0.0868. The minimum atomic E-state index is -0.757. The van der Waals surface area contributed by atoms with Crippen molar-refractivity contribution in [2.24, 2.45) is 0 Å². The number of hydrogen-bond donors (Lipinski definition) is 1. The summed E-state index contributed by atoms with van der Waals surface area (Å²) in [4.78, 5) is 25.0. The van der Waals surface area contributed by atoms with E-state index in [9.17, 15) is 14.9 Å². The Labute approximate surface area is 133 Å². The van der Waals surface area contributed by atoms with Crippen molar-refractivity contribution >= 4 is 23.0 Å². The van der Waals surface area contributed by atoms with E-state index in [0.717, 1.165) is 11.1 Å². The summed E-state index contributed by atoms with van der Waals surface area (Å²) in [7, 11) is 0. The van der Waals surface area contributed by atoms with Gasteiger partial charge in [-0.25, -0.2) is 0 Å². The summed E-state index contributed by atoms with van der Waals surface area (Å²) in [5.41, 5.74) is 7.18. The quantitative estimate of drug-likeness (QED) is 0.536. The first-order valence-electron chi connectivity index (χ1n) is 7.26. The highest BCUT2D eigenvalue weighted by Crippen LogP contribution is 2.45. The van der Waals surface area contributed by atoms with Crippen molar-refractivity contribution in [3.8, 4) is 0 Å². The summed E-state index contributed by atoms with van der Waals surface area (Å²) < 4.78 is 0. The predicted molar refractivity (Wildman–Crippen MR) is 88.2 cm³/mol. The molecular formula is C17H17N3O3. The lowest BCUT2D eigenvalue weighted by Crippen LogP contribution is -2.35. The van der Waals surface area contributed by atoms with Crippen LogP contribution in [0.3, 0.4) is 0 Å². The third-order valence-corrected chi connectivity index (χ3v) is 4.27. The molecule has 1 aliphatic heterocycles. The number of nitro groups is 1. The van der Waals surface area contributed by atoms with E-state index >= 15 is 0 Å². The molecule has 1 aliphatic rings. The minimum absolute atomic E-state index is 0.0798. The van der Waals surface area contributed by atoms with Crippen molar-refractivity contribution < 1.29 is 9.72 Å². The van der Waals surface area contributed by atoms with Gasteiger partial charge in [-0.1, -0.05) is 30.3 Å². The highest BCUT2D eigenvalue weighted by molar-refractivity contribution is 6.08. The molecule has 0 aromatic heterocycles. The Morgan fingerprint density at radius 1 is 1.22 bits per heavy atom. The normalized spacial score (nSPS) is 15.6.